The highest BCUT2D eigenvalue weighted by Gasteiger charge is 2.19. The molecule has 0 N–H and O–H groups in total. The summed E-state index contributed by atoms with van der Waals surface area (Å²) in [7, 11) is 0. The third-order valence-electron chi connectivity index (χ3n) is 4.23. The van der Waals surface area contributed by atoms with Gasteiger partial charge in [0.05, 0.1) is 0 Å². The van der Waals surface area contributed by atoms with Gasteiger partial charge in [-0.15, -0.1) is 0 Å². The molecule has 1 unspecified atom stereocenters. The highest BCUT2D eigenvalue weighted by molar-refractivity contribution is 4.75. The van der Waals surface area contributed by atoms with Crippen LogP contribution in [0.2, 0.25) is 0 Å². The van der Waals surface area contributed by atoms with Crippen LogP contribution in [0.1, 0.15) is 70.6 Å². The Balaban J connectivity index is 1.90. The van der Waals surface area contributed by atoms with Crippen molar-refractivity contribution in [3.05, 3.63) is 0 Å². The Kier molecular flexibility index (Phi) is 4.98. The van der Waals surface area contributed by atoms with Crippen molar-refractivity contribution in [1.82, 2.24) is 4.90 Å². The average Bonchev–Trinajstić information content (AvgIpc) is 2.31. The zero-order valence-electron chi connectivity index (χ0n) is 10.2. The molecule has 88 valence electrons. The van der Waals surface area contributed by atoms with Gasteiger partial charge in [0.1, 0.15) is 0 Å². The van der Waals surface area contributed by atoms with E-state index in [0.29, 0.717) is 0 Å². The molecule has 1 heteroatoms. The molecular formula is C14H27N. The molecule has 0 saturated carbocycles. The van der Waals surface area contributed by atoms with Gasteiger partial charge >= 0.3 is 0 Å². The van der Waals surface area contributed by atoms with Crippen LogP contribution in [0.4, 0.5) is 0 Å². The van der Waals surface area contributed by atoms with Gasteiger partial charge in [-0.1, -0.05) is 44.9 Å². The molecular weight excluding hydrogens is 182 g/mol. The van der Waals surface area contributed by atoms with Crippen molar-refractivity contribution >= 4 is 0 Å². The standard InChI is InChI=1S/C14H27N/c1-2-6-10-14-11-7-3-5-9-13-15(14)12-8-4-1/h14H,1-13H2. The smallest absolute Gasteiger partial charge is 0.00952 e. The predicted octanol–water partition coefficient (Wildman–Crippen LogP) is 3.98. The highest BCUT2D eigenvalue weighted by atomic mass is 15.1. The predicted molar refractivity (Wildman–Crippen MR) is 66.1 cm³/mol. The molecule has 0 spiro atoms. The molecule has 2 aliphatic rings. The Labute approximate surface area is 95.2 Å². The summed E-state index contributed by atoms with van der Waals surface area (Å²) in [4.78, 5) is 2.82. The Hall–Kier alpha value is -0.0400. The summed E-state index contributed by atoms with van der Waals surface area (Å²) in [6.07, 6.45) is 16.3. The Morgan fingerprint density at radius 3 is 1.60 bits per heavy atom. The van der Waals surface area contributed by atoms with Crippen LogP contribution in [0.3, 0.4) is 0 Å². The molecule has 0 amide bonds. The largest absolute Gasteiger partial charge is 0.300 e. The Morgan fingerprint density at radius 1 is 0.533 bits per heavy atom. The van der Waals surface area contributed by atoms with Crippen LogP contribution in [0, 0.1) is 0 Å². The lowest BCUT2D eigenvalue weighted by Gasteiger charge is -2.33. The van der Waals surface area contributed by atoms with Crippen molar-refractivity contribution in [2.45, 2.75) is 76.7 Å². The second-order valence-electron chi connectivity index (χ2n) is 5.45. The lowest BCUT2D eigenvalue weighted by molar-refractivity contribution is 0.159. The first-order chi connectivity index (χ1) is 7.47. The van der Waals surface area contributed by atoms with E-state index in [1.165, 1.54) is 83.7 Å². The summed E-state index contributed by atoms with van der Waals surface area (Å²) in [6, 6.07) is 0.948. The van der Waals surface area contributed by atoms with Crippen LogP contribution in [0.15, 0.2) is 0 Å². The Bertz CT molecular complexity index is 149. The molecule has 0 aromatic rings. The van der Waals surface area contributed by atoms with E-state index >= 15 is 0 Å². The summed E-state index contributed by atoms with van der Waals surface area (Å²) >= 11 is 0. The minimum Gasteiger partial charge on any atom is -0.300 e. The lowest BCUT2D eigenvalue weighted by atomic mass is 9.98. The van der Waals surface area contributed by atoms with Crippen molar-refractivity contribution in [3.8, 4) is 0 Å². The van der Waals surface area contributed by atoms with Crippen molar-refractivity contribution < 1.29 is 0 Å². The molecule has 2 heterocycles. The summed E-state index contributed by atoms with van der Waals surface area (Å²) in [5.74, 6) is 0. The van der Waals surface area contributed by atoms with Crippen LogP contribution in [-0.4, -0.2) is 24.0 Å². The molecule has 2 rings (SSSR count). The monoisotopic (exact) mass is 209 g/mol. The summed E-state index contributed by atoms with van der Waals surface area (Å²) in [5.41, 5.74) is 0. The van der Waals surface area contributed by atoms with Crippen molar-refractivity contribution in [1.29, 1.82) is 0 Å². The molecule has 1 nitrogen and oxygen atoms in total. The van der Waals surface area contributed by atoms with E-state index in [1.54, 1.807) is 0 Å². The highest BCUT2D eigenvalue weighted by Crippen LogP contribution is 2.23. The minimum atomic E-state index is 0.948. The molecule has 0 aliphatic carbocycles. The second kappa shape index (κ2) is 6.52. The van der Waals surface area contributed by atoms with Crippen LogP contribution < -0.4 is 0 Å². The quantitative estimate of drug-likeness (QED) is 0.583. The maximum atomic E-state index is 2.82. The lowest BCUT2D eigenvalue weighted by Crippen LogP contribution is -2.37. The fraction of sp³-hybridized carbons (Fsp3) is 1.00. The molecule has 2 fully saturated rings. The number of rotatable bonds is 0. The molecule has 0 bridgehead atoms. The topological polar surface area (TPSA) is 3.24 Å². The van der Waals surface area contributed by atoms with Gasteiger partial charge in [-0.25, -0.2) is 0 Å². The minimum absolute atomic E-state index is 0.948. The average molecular weight is 209 g/mol. The van der Waals surface area contributed by atoms with E-state index in [2.05, 4.69) is 4.90 Å². The summed E-state index contributed by atoms with van der Waals surface area (Å²) in [6.45, 7) is 2.79. The van der Waals surface area contributed by atoms with Crippen LogP contribution in [0.25, 0.3) is 0 Å². The van der Waals surface area contributed by atoms with Gasteiger partial charge in [-0.2, -0.15) is 0 Å². The van der Waals surface area contributed by atoms with Crippen LogP contribution >= 0.6 is 0 Å². The second-order valence-corrected chi connectivity index (χ2v) is 5.45. The van der Waals surface area contributed by atoms with E-state index < -0.39 is 0 Å². The van der Waals surface area contributed by atoms with Crippen molar-refractivity contribution in [2.75, 3.05) is 13.1 Å². The van der Waals surface area contributed by atoms with Crippen molar-refractivity contribution in [2.24, 2.45) is 0 Å². The molecule has 1 atom stereocenters. The molecule has 0 aromatic carbocycles. The maximum Gasteiger partial charge on any atom is 0.00952 e. The van der Waals surface area contributed by atoms with Crippen LogP contribution in [-0.2, 0) is 0 Å². The molecule has 15 heavy (non-hydrogen) atoms. The number of fused-ring (bicyclic) bond motifs is 1. The summed E-state index contributed by atoms with van der Waals surface area (Å²) < 4.78 is 0. The normalized spacial score (nSPS) is 31.6. The SMILES string of the molecule is C1CCCC2CCCCCCN2CCC1. The molecule has 2 aliphatic heterocycles. The van der Waals surface area contributed by atoms with Gasteiger partial charge in [0.15, 0.2) is 0 Å². The third-order valence-corrected chi connectivity index (χ3v) is 4.23. The molecule has 2 saturated heterocycles. The number of hydrogen-bond acceptors (Lipinski definition) is 1. The number of nitrogens with zero attached hydrogens (tertiary/aromatic N) is 1. The third kappa shape index (κ3) is 3.79. The first-order valence-electron chi connectivity index (χ1n) is 7.21. The van der Waals surface area contributed by atoms with E-state index in [9.17, 15) is 0 Å². The van der Waals surface area contributed by atoms with Gasteiger partial charge in [0.25, 0.3) is 0 Å². The van der Waals surface area contributed by atoms with Gasteiger partial charge in [0, 0.05) is 6.04 Å². The molecule has 0 radical (unpaired) electrons. The summed E-state index contributed by atoms with van der Waals surface area (Å²) in [5, 5.41) is 0. The molecule has 0 aromatic heterocycles. The maximum absolute atomic E-state index is 2.82. The van der Waals surface area contributed by atoms with E-state index in [0.717, 1.165) is 6.04 Å². The zero-order chi connectivity index (χ0) is 10.3. The van der Waals surface area contributed by atoms with E-state index in [1.807, 2.05) is 0 Å². The first-order valence-corrected chi connectivity index (χ1v) is 7.21. The van der Waals surface area contributed by atoms with E-state index in [4.69, 9.17) is 0 Å². The van der Waals surface area contributed by atoms with Crippen LogP contribution in [0.5, 0.6) is 0 Å². The van der Waals surface area contributed by atoms with Crippen molar-refractivity contribution in [3.63, 3.8) is 0 Å². The van der Waals surface area contributed by atoms with Gasteiger partial charge in [-0.05, 0) is 38.8 Å². The zero-order valence-corrected chi connectivity index (χ0v) is 10.2. The Morgan fingerprint density at radius 2 is 1.00 bits per heavy atom. The van der Waals surface area contributed by atoms with Gasteiger partial charge in [0.2, 0.25) is 0 Å². The van der Waals surface area contributed by atoms with Gasteiger partial charge < -0.3 is 4.90 Å². The fourth-order valence-electron chi connectivity index (χ4n) is 3.26. The number of hydrogen-bond donors (Lipinski definition) is 0. The first kappa shape index (κ1) is 11.4. The fourth-order valence-corrected chi connectivity index (χ4v) is 3.26. The van der Waals surface area contributed by atoms with Gasteiger partial charge in [-0.3, -0.25) is 0 Å². The van der Waals surface area contributed by atoms with E-state index in [-0.39, 0.29) is 0 Å².